The van der Waals surface area contributed by atoms with Gasteiger partial charge in [-0.15, -0.1) is 5.10 Å². The first-order chi connectivity index (χ1) is 9.33. The highest BCUT2D eigenvalue weighted by atomic mass is 35.5. The molecule has 108 valence electrons. The zero-order valence-electron chi connectivity index (χ0n) is 12.1. The summed E-state index contributed by atoms with van der Waals surface area (Å²) < 4.78 is 0. The highest BCUT2D eigenvalue weighted by Crippen LogP contribution is 2.30. The molecule has 1 aromatic heterocycles. The molecule has 0 aliphatic heterocycles. The van der Waals surface area contributed by atoms with E-state index in [0.717, 1.165) is 33.0 Å². The van der Waals surface area contributed by atoms with E-state index in [1.165, 1.54) is 0 Å². The monoisotopic (exact) mass is 310 g/mol. The van der Waals surface area contributed by atoms with Crippen LogP contribution in [0.1, 0.15) is 32.2 Å². The van der Waals surface area contributed by atoms with E-state index in [0.29, 0.717) is 0 Å². The van der Waals surface area contributed by atoms with Gasteiger partial charge >= 0.3 is 0 Å². The fourth-order valence-corrected chi connectivity index (χ4v) is 2.68. The van der Waals surface area contributed by atoms with E-state index < -0.39 is 0 Å². The van der Waals surface area contributed by atoms with Crippen LogP contribution in [0.4, 0.5) is 0 Å². The Kier molecular flexibility index (Phi) is 4.73. The van der Waals surface area contributed by atoms with Crippen molar-refractivity contribution in [1.29, 1.82) is 0 Å². The average molecular weight is 311 g/mol. The number of nitrogens with zero attached hydrogens (tertiary/aromatic N) is 2. The number of hydrogen-bond acceptors (Lipinski definition) is 4. The third-order valence-electron chi connectivity index (χ3n) is 2.61. The van der Waals surface area contributed by atoms with Gasteiger partial charge in [-0.1, -0.05) is 11.6 Å². The fraction of sp³-hybridized carbons (Fsp3) is 0.429. The molecule has 0 saturated carbocycles. The molecule has 20 heavy (non-hydrogen) atoms. The molecule has 1 aromatic carbocycles. The zero-order chi connectivity index (χ0) is 14.8. The Hall–Kier alpha value is -1.04. The summed E-state index contributed by atoms with van der Waals surface area (Å²) in [5.41, 5.74) is 1.21. The second kappa shape index (κ2) is 6.16. The van der Waals surface area contributed by atoms with Gasteiger partial charge in [0.25, 0.3) is 0 Å². The van der Waals surface area contributed by atoms with Crippen molar-refractivity contribution < 1.29 is 0 Å². The van der Waals surface area contributed by atoms with Crippen LogP contribution in [0.3, 0.4) is 0 Å². The molecular formula is C14H19ClN4S. The van der Waals surface area contributed by atoms with Gasteiger partial charge in [-0.3, -0.25) is 5.10 Å². The number of halogens is 1. The summed E-state index contributed by atoms with van der Waals surface area (Å²) in [5, 5.41) is 12.0. The number of H-pyrrole nitrogens is 1. The van der Waals surface area contributed by atoms with Crippen molar-refractivity contribution in [3.8, 4) is 0 Å². The van der Waals surface area contributed by atoms with Crippen LogP contribution in [0.15, 0.2) is 28.3 Å². The van der Waals surface area contributed by atoms with Crippen molar-refractivity contribution in [2.75, 3.05) is 0 Å². The van der Waals surface area contributed by atoms with Crippen LogP contribution in [-0.4, -0.2) is 20.7 Å². The molecular weight excluding hydrogens is 292 g/mol. The summed E-state index contributed by atoms with van der Waals surface area (Å²) in [4.78, 5) is 5.44. The topological polar surface area (TPSA) is 53.6 Å². The van der Waals surface area contributed by atoms with Crippen LogP contribution in [-0.2, 0) is 6.54 Å². The Balaban J connectivity index is 2.19. The lowest BCUT2D eigenvalue weighted by Gasteiger charge is -2.21. The highest BCUT2D eigenvalue weighted by Gasteiger charge is 2.12. The number of benzene rings is 1. The summed E-state index contributed by atoms with van der Waals surface area (Å²) in [6, 6.07) is 5.89. The van der Waals surface area contributed by atoms with Gasteiger partial charge in [-0.2, -0.15) is 0 Å². The molecule has 0 radical (unpaired) electrons. The normalized spacial score (nSPS) is 11.8. The van der Waals surface area contributed by atoms with Crippen molar-refractivity contribution in [3.63, 3.8) is 0 Å². The Morgan fingerprint density at radius 3 is 2.70 bits per heavy atom. The minimum atomic E-state index is 0.0609. The van der Waals surface area contributed by atoms with Crippen LogP contribution in [0, 0.1) is 6.92 Å². The molecule has 2 rings (SSSR count). The van der Waals surface area contributed by atoms with Gasteiger partial charge in [0.1, 0.15) is 5.82 Å². The first kappa shape index (κ1) is 15.4. The Labute approximate surface area is 128 Å². The second-order valence-electron chi connectivity index (χ2n) is 5.66. The van der Waals surface area contributed by atoms with E-state index in [1.54, 1.807) is 11.8 Å². The molecule has 2 aromatic rings. The molecule has 2 N–H and O–H groups in total. The minimum absolute atomic E-state index is 0.0609. The molecule has 4 nitrogen and oxygen atoms in total. The molecule has 0 aliphatic rings. The standard InChI is InChI=1S/C14H19ClN4S/c1-9-17-13(19-18-9)20-12-6-5-11(15)7-10(12)8-16-14(2,3)4/h5-7,16H,8H2,1-4H3,(H,17,18,19). The molecule has 0 aliphatic carbocycles. The number of aryl methyl sites for hydroxylation is 1. The largest absolute Gasteiger partial charge is 0.308 e. The van der Waals surface area contributed by atoms with Crippen molar-refractivity contribution in [2.45, 2.75) is 49.8 Å². The average Bonchev–Trinajstić information content (AvgIpc) is 2.74. The summed E-state index contributed by atoms with van der Waals surface area (Å²) in [5.74, 6) is 0.816. The molecule has 0 fully saturated rings. The SMILES string of the molecule is Cc1nc(Sc2ccc(Cl)cc2CNC(C)(C)C)n[nH]1. The quantitative estimate of drug-likeness (QED) is 0.901. The smallest absolute Gasteiger partial charge is 0.213 e. The van der Waals surface area contributed by atoms with E-state index in [1.807, 2.05) is 25.1 Å². The second-order valence-corrected chi connectivity index (χ2v) is 7.11. The van der Waals surface area contributed by atoms with Gasteiger partial charge in [-0.25, -0.2) is 4.98 Å². The van der Waals surface area contributed by atoms with Gasteiger partial charge in [0.15, 0.2) is 0 Å². The predicted octanol–water partition coefficient (Wildman–Crippen LogP) is 3.81. The minimum Gasteiger partial charge on any atom is -0.308 e. The van der Waals surface area contributed by atoms with E-state index in [-0.39, 0.29) is 5.54 Å². The predicted molar refractivity (Wildman–Crippen MR) is 83.3 cm³/mol. The van der Waals surface area contributed by atoms with E-state index >= 15 is 0 Å². The van der Waals surface area contributed by atoms with Gasteiger partial charge in [0.05, 0.1) is 0 Å². The molecule has 0 spiro atoms. The first-order valence-corrected chi connectivity index (χ1v) is 7.63. The van der Waals surface area contributed by atoms with Crippen LogP contribution in [0.25, 0.3) is 0 Å². The summed E-state index contributed by atoms with van der Waals surface area (Å²) >= 11 is 7.64. The van der Waals surface area contributed by atoms with E-state index in [4.69, 9.17) is 11.6 Å². The van der Waals surface area contributed by atoms with Crippen LogP contribution < -0.4 is 5.32 Å². The maximum Gasteiger partial charge on any atom is 0.213 e. The molecule has 0 atom stereocenters. The maximum absolute atomic E-state index is 6.10. The highest BCUT2D eigenvalue weighted by molar-refractivity contribution is 7.99. The molecule has 0 bridgehead atoms. The lowest BCUT2D eigenvalue weighted by molar-refractivity contribution is 0.422. The van der Waals surface area contributed by atoms with Gasteiger partial charge < -0.3 is 5.32 Å². The molecule has 0 saturated heterocycles. The van der Waals surface area contributed by atoms with Crippen LogP contribution >= 0.6 is 23.4 Å². The van der Waals surface area contributed by atoms with Crippen molar-refractivity contribution in [2.24, 2.45) is 0 Å². The zero-order valence-corrected chi connectivity index (χ0v) is 13.7. The summed E-state index contributed by atoms with van der Waals surface area (Å²) in [6.07, 6.45) is 0. The molecule has 0 amide bonds. The Morgan fingerprint density at radius 1 is 1.35 bits per heavy atom. The van der Waals surface area contributed by atoms with Gasteiger partial charge in [0, 0.05) is 22.0 Å². The summed E-state index contributed by atoms with van der Waals surface area (Å²) in [7, 11) is 0. The third kappa shape index (κ3) is 4.51. The molecule has 0 unspecified atom stereocenters. The lowest BCUT2D eigenvalue weighted by Crippen LogP contribution is -2.35. The van der Waals surface area contributed by atoms with Crippen molar-refractivity contribution in [1.82, 2.24) is 20.5 Å². The van der Waals surface area contributed by atoms with E-state index in [2.05, 4.69) is 41.3 Å². The van der Waals surface area contributed by atoms with Gasteiger partial charge in [-0.05, 0) is 63.2 Å². The number of hydrogen-bond donors (Lipinski definition) is 2. The number of nitrogens with one attached hydrogen (secondary N) is 2. The molecule has 1 heterocycles. The number of aromatic nitrogens is 3. The van der Waals surface area contributed by atoms with Crippen LogP contribution in [0.2, 0.25) is 5.02 Å². The Bertz CT molecular complexity index is 589. The lowest BCUT2D eigenvalue weighted by atomic mass is 10.1. The van der Waals surface area contributed by atoms with Crippen molar-refractivity contribution >= 4 is 23.4 Å². The van der Waals surface area contributed by atoms with E-state index in [9.17, 15) is 0 Å². The number of aromatic amines is 1. The number of rotatable bonds is 4. The first-order valence-electron chi connectivity index (χ1n) is 6.44. The maximum atomic E-state index is 6.10. The Morgan fingerprint density at radius 2 is 2.10 bits per heavy atom. The van der Waals surface area contributed by atoms with Crippen LogP contribution in [0.5, 0.6) is 0 Å². The summed E-state index contributed by atoms with van der Waals surface area (Å²) in [6.45, 7) is 9.08. The van der Waals surface area contributed by atoms with Crippen molar-refractivity contribution in [3.05, 3.63) is 34.6 Å². The third-order valence-corrected chi connectivity index (χ3v) is 3.83. The molecule has 6 heteroatoms. The van der Waals surface area contributed by atoms with Gasteiger partial charge in [0.2, 0.25) is 5.16 Å². The fourth-order valence-electron chi connectivity index (χ4n) is 1.61.